The van der Waals surface area contributed by atoms with Crippen LogP contribution in [-0.2, 0) is 23.7 Å². The Morgan fingerprint density at radius 2 is 0.941 bits per heavy atom. The second-order valence-electron chi connectivity index (χ2n) is 8.33. The molecule has 3 aliphatic rings. The lowest BCUT2D eigenvalue weighted by Gasteiger charge is -2.47. The van der Waals surface area contributed by atoms with Crippen LogP contribution in [0.25, 0.3) is 0 Å². The van der Waals surface area contributed by atoms with Gasteiger partial charge >= 0.3 is 0 Å². The number of ether oxygens (including phenoxy) is 5. The van der Waals surface area contributed by atoms with Crippen molar-refractivity contribution >= 4 is 0 Å². The zero-order valence-corrected chi connectivity index (χ0v) is 17.7. The minimum Gasteiger partial charge on any atom is -0.394 e. The summed E-state index contributed by atoms with van der Waals surface area (Å²) in [5.74, 6) is 0. The van der Waals surface area contributed by atoms with Crippen molar-refractivity contribution in [1.29, 1.82) is 0 Å². The summed E-state index contributed by atoms with van der Waals surface area (Å²) in [6.07, 6.45) is -25.4. The summed E-state index contributed by atoms with van der Waals surface area (Å²) >= 11 is 0. The first-order chi connectivity index (χ1) is 16.0. The van der Waals surface area contributed by atoms with Crippen LogP contribution in [0, 0.1) is 0 Å². The molecule has 0 aromatic rings. The van der Waals surface area contributed by atoms with E-state index in [1.165, 1.54) is 0 Å². The molecule has 0 aromatic carbocycles. The summed E-state index contributed by atoms with van der Waals surface area (Å²) in [5, 5.41) is 109. The van der Waals surface area contributed by atoms with E-state index in [-0.39, 0.29) is 0 Å². The van der Waals surface area contributed by atoms with E-state index < -0.39 is 112 Å². The van der Waals surface area contributed by atoms with Crippen LogP contribution in [0.1, 0.15) is 0 Å². The van der Waals surface area contributed by atoms with Gasteiger partial charge in [-0.3, -0.25) is 0 Å². The molecule has 0 aliphatic carbocycles. The van der Waals surface area contributed by atoms with Gasteiger partial charge in [0.25, 0.3) is 0 Å². The fourth-order valence-electron chi connectivity index (χ4n) is 4.05. The highest BCUT2D eigenvalue weighted by atomic mass is 16.7. The second kappa shape index (κ2) is 11.6. The molecule has 0 aromatic heterocycles. The Hall–Kier alpha value is -0.640. The number of hydrogen-bond donors (Lipinski definition) is 11. The van der Waals surface area contributed by atoms with Crippen LogP contribution in [0.4, 0.5) is 0 Å². The van der Waals surface area contributed by atoms with Crippen molar-refractivity contribution in [1.82, 2.24) is 0 Å². The SMILES string of the molecule is OCC1O[C@@H](O)C(O)C(O)[C@@H]1O[C@@H]1OC(CO)[C@H](O)[C@H](O[C@H]2OC(CO)[C@H](O)[C@H](O)C2O)C1O. The van der Waals surface area contributed by atoms with Crippen LogP contribution < -0.4 is 0 Å². The molecule has 0 saturated carbocycles. The minimum atomic E-state index is -1.90. The van der Waals surface area contributed by atoms with E-state index in [0.717, 1.165) is 0 Å². The summed E-state index contributed by atoms with van der Waals surface area (Å²) in [5.41, 5.74) is 0. The van der Waals surface area contributed by atoms with Crippen LogP contribution in [-0.4, -0.2) is 168 Å². The van der Waals surface area contributed by atoms with Gasteiger partial charge in [0, 0.05) is 0 Å². The summed E-state index contributed by atoms with van der Waals surface area (Å²) in [4.78, 5) is 0. The molecular weight excluding hydrogens is 472 g/mol. The van der Waals surface area contributed by atoms with Crippen LogP contribution in [0.2, 0.25) is 0 Å². The zero-order valence-electron chi connectivity index (χ0n) is 17.7. The van der Waals surface area contributed by atoms with Gasteiger partial charge in [-0.1, -0.05) is 0 Å². The van der Waals surface area contributed by atoms with Crippen molar-refractivity contribution in [2.75, 3.05) is 19.8 Å². The van der Waals surface area contributed by atoms with Crippen LogP contribution >= 0.6 is 0 Å². The molecule has 0 amide bonds. The van der Waals surface area contributed by atoms with Gasteiger partial charge in [0.15, 0.2) is 18.9 Å². The third-order valence-electron chi connectivity index (χ3n) is 6.09. The Labute approximate surface area is 192 Å². The van der Waals surface area contributed by atoms with Gasteiger partial charge in [-0.15, -0.1) is 0 Å². The van der Waals surface area contributed by atoms with Crippen LogP contribution in [0.5, 0.6) is 0 Å². The standard InChI is InChI=1S/C18H32O16/c19-1-4-7(22)9(24)12(27)17(31-4)34-15-8(23)5(2-20)32-18(13(15)28)33-14-6(3-21)30-16(29)11(26)10(14)25/h4-29H,1-3H2/t4?,5?,6?,7-,8-,9-,10?,11?,12?,13?,14+,15-,16+,17+,18-/m0/s1. The lowest BCUT2D eigenvalue weighted by atomic mass is 9.96. The maximum atomic E-state index is 10.8. The van der Waals surface area contributed by atoms with Gasteiger partial charge in [-0.25, -0.2) is 0 Å². The van der Waals surface area contributed by atoms with Crippen LogP contribution in [0.15, 0.2) is 0 Å². The molecule has 16 heteroatoms. The predicted molar refractivity (Wildman–Crippen MR) is 101 cm³/mol. The van der Waals surface area contributed by atoms with Crippen molar-refractivity contribution < 1.29 is 79.9 Å². The molecule has 3 saturated heterocycles. The van der Waals surface area contributed by atoms with Gasteiger partial charge in [0.2, 0.25) is 0 Å². The van der Waals surface area contributed by atoms with E-state index in [1.807, 2.05) is 0 Å². The molecule has 34 heavy (non-hydrogen) atoms. The van der Waals surface area contributed by atoms with E-state index in [0.29, 0.717) is 0 Å². The third kappa shape index (κ3) is 5.37. The van der Waals surface area contributed by atoms with Gasteiger partial charge in [0.1, 0.15) is 73.2 Å². The van der Waals surface area contributed by atoms with Crippen molar-refractivity contribution in [3.8, 4) is 0 Å². The van der Waals surface area contributed by atoms with Crippen molar-refractivity contribution in [3.63, 3.8) is 0 Å². The molecule has 200 valence electrons. The number of aliphatic hydroxyl groups is 11. The highest BCUT2D eigenvalue weighted by Crippen LogP contribution is 2.32. The Balaban J connectivity index is 1.78. The lowest BCUT2D eigenvalue weighted by molar-refractivity contribution is -0.378. The second-order valence-corrected chi connectivity index (χ2v) is 8.33. The van der Waals surface area contributed by atoms with E-state index in [1.54, 1.807) is 0 Å². The molecule has 3 fully saturated rings. The Bertz CT molecular complexity index is 637. The minimum absolute atomic E-state index is 0.759. The Kier molecular flexibility index (Phi) is 9.54. The first-order valence-electron chi connectivity index (χ1n) is 10.6. The average molecular weight is 504 g/mol. The largest absolute Gasteiger partial charge is 0.394 e. The van der Waals surface area contributed by atoms with E-state index in [2.05, 4.69) is 0 Å². The number of hydrogen-bond acceptors (Lipinski definition) is 16. The van der Waals surface area contributed by atoms with E-state index in [4.69, 9.17) is 23.7 Å². The first-order valence-corrected chi connectivity index (χ1v) is 10.6. The zero-order chi connectivity index (χ0) is 25.3. The fourth-order valence-corrected chi connectivity index (χ4v) is 4.05. The fraction of sp³-hybridized carbons (Fsp3) is 1.00. The highest BCUT2D eigenvalue weighted by molar-refractivity contribution is 4.96. The molecular formula is C18H32O16. The summed E-state index contributed by atoms with van der Waals surface area (Å²) in [6.45, 7) is -2.34. The first kappa shape index (κ1) is 27.9. The molecule has 0 spiro atoms. The van der Waals surface area contributed by atoms with Crippen molar-refractivity contribution in [2.45, 2.75) is 92.1 Å². The Morgan fingerprint density at radius 3 is 1.50 bits per heavy atom. The third-order valence-corrected chi connectivity index (χ3v) is 6.09. The molecule has 0 bridgehead atoms. The van der Waals surface area contributed by atoms with Gasteiger partial charge < -0.3 is 79.9 Å². The van der Waals surface area contributed by atoms with Crippen molar-refractivity contribution in [2.24, 2.45) is 0 Å². The molecule has 3 aliphatic heterocycles. The smallest absolute Gasteiger partial charge is 0.187 e. The molecule has 11 N–H and O–H groups in total. The normalized spacial score (nSPS) is 52.5. The molecule has 7 unspecified atom stereocenters. The summed E-state index contributed by atoms with van der Waals surface area (Å²) < 4.78 is 26.4. The van der Waals surface area contributed by atoms with Gasteiger partial charge in [-0.05, 0) is 0 Å². The van der Waals surface area contributed by atoms with E-state index in [9.17, 15) is 56.2 Å². The molecule has 16 nitrogen and oxygen atoms in total. The quantitative estimate of drug-likeness (QED) is 0.154. The van der Waals surface area contributed by atoms with Gasteiger partial charge in [-0.2, -0.15) is 0 Å². The van der Waals surface area contributed by atoms with E-state index >= 15 is 0 Å². The van der Waals surface area contributed by atoms with Crippen LogP contribution in [0.3, 0.4) is 0 Å². The maximum absolute atomic E-state index is 10.8. The summed E-state index contributed by atoms with van der Waals surface area (Å²) in [7, 11) is 0. The van der Waals surface area contributed by atoms with Gasteiger partial charge in [0.05, 0.1) is 19.8 Å². The lowest BCUT2D eigenvalue weighted by Crippen LogP contribution is -2.66. The molecule has 3 heterocycles. The number of aliphatic hydroxyl groups excluding tert-OH is 11. The predicted octanol–water partition coefficient (Wildman–Crippen LogP) is -7.57. The maximum Gasteiger partial charge on any atom is 0.187 e. The topological polar surface area (TPSA) is 269 Å². The Morgan fingerprint density at radius 1 is 0.441 bits per heavy atom. The number of rotatable bonds is 7. The van der Waals surface area contributed by atoms with Crippen molar-refractivity contribution in [3.05, 3.63) is 0 Å². The highest BCUT2D eigenvalue weighted by Gasteiger charge is 2.53. The molecule has 15 atom stereocenters. The monoisotopic (exact) mass is 504 g/mol. The molecule has 0 radical (unpaired) electrons. The summed E-state index contributed by atoms with van der Waals surface area (Å²) in [6, 6.07) is 0. The molecule has 3 rings (SSSR count). The average Bonchev–Trinajstić information content (AvgIpc) is 2.83.